The highest BCUT2D eigenvalue weighted by Gasteiger charge is 2.39. The third kappa shape index (κ3) is 4.11. The largest absolute Gasteiger partial charge is 0.454 e. The standard InChI is InChI=1S/C16H25NO7Si/c1-16(2,3)25(4,5)24-8-12(18)15(19)10-6-13-14(23-9-22-13)7-11(10)17(20)21/h6-7,12,15,18-19H,8-9H2,1-5H3/t12-,15-/m0/s1. The first kappa shape index (κ1) is 19.6. The van der Waals surface area contributed by atoms with Crippen molar-refractivity contribution in [2.75, 3.05) is 13.4 Å². The van der Waals surface area contributed by atoms with E-state index in [2.05, 4.69) is 20.8 Å². The lowest BCUT2D eigenvalue weighted by molar-refractivity contribution is -0.386. The van der Waals surface area contributed by atoms with Gasteiger partial charge in [-0.25, -0.2) is 0 Å². The van der Waals surface area contributed by atoms with E-state index in [-0.39, 0.29) is 35.4 Å². The van der Waals surface area contributed by atoms with Crippen LogP contribution in [-0.4, -0.2) is 43.0 Å². The molecular weight excluding hydrogens is 346 g/mol. The monoisotopic (exact) mass is 371 g/mol. The highest BCUT2D eigenvalue weighted by atomic mass is 28.4. The van der Waals surface area contributed by atoms with Gasteiger partial charge in [0.2, 0.25) is 6.79 Å². The van der Waals surface area contributed by atoms with Gasteiger partial charge in [0.05, 0.1) is 23.2 Å². The third-order valence-electron chi connectivity index (χ3n) is 4.82. The summed E-state index contributed by atoms with van der Waals surface area (Å²) >= 11 is 0. The Balaban J connectivity index is 2.19. The van der Waals surface area contributed by atoms with E-state index >= 15 is 0 Å². The van der Waals surface area contributed by atoms with E-state index in [1.54, 1.807) is 0 Å². The van der Waals surface area contributed by atoms with Crippen LogP contribution in [0.1, 0.15) is 32.4 Å². The fourth-order valence-electron chi connectivity index (χ4n) is 2.15. The predicted molar refractivity (Wildman–Crippen MR) is 93.3 cm³/mol. The Bertz CT molecular complexity index is 657. The molecule has 0 saturated heterocycles. The first-order valence-electron chi connectivity index (χ1n) is 8.02. The van der Waals surface area contributed by atoms with Crippen LogP contribution in [0, 0.1) is 10.1 Å². The molecular formula is C16H25NO7Si. The van der Waals surface area contributed by atoms with Gasteiger partial charge >= 0.3 is 0 Å². The van der Waals surface area contributed by atoms with E-state index in [9.17, 15) is 20.3 Å². The normalized spacial score (nSPS) is 16.6. The first-order valence-corrected chi connectivity index (χ1v) is 10.9. The van der Waals surface area contributed by atoms with Crippen molar-refractivity contribution in [1.82, 2.24) is 0 Å². The van der Waals surface area contributed by atoms with Crippen molar-refractivity contribution < 1.29 is 29.0 Å². The molecule has 140 valence electrons. The minimum absolute atomic E-state index is 0.0272. The Hall–Kier alpha value is -1.68. The van der Waals surface area contributed by atoms with E-state index in [0.717, 1.165) is 0 Å². The molecule has 25 heavy (non-hydrogen) atoms. The molecule has 8 nitrogen and oxygen atoms in total. The molecule has 0 aliphatic carbocycles. The van der Waals surface area contributed by atoms with Gasteiger partial charge in [0, 0.05) is 0 Å². The number of nitrogens with zero attached hydrogens (tertiary/aromatic N) is 1. The summed E-state index contributed by atoms with van der Waals surface area (Å²) in [7, 11) is -2.12. The van der Waals surface area contributed by atoms with Gasteiger partial charge in [-0.2, -0.15) is 0 Å². The number of fused-ring (bicyclic) bond motifs is 1. The van der Waals surface area contributed by atoms with Gasteiger partial charge in [0.1, 0.15) is 12.2 Å². The Kier molecular flexibility index (Phi) is 5.43. The fourth-order valence-corrected chi connectivity index (χ4v) is 3.17. The van der Waals surface area contributed by atoms with Gasteiger partial charge in [0.25, 0.3) is 5.69 Å². The smallest absolute Gasteiger partial charge is 0.279 e. The van der Waals surface area contributed by atoms with Crippen LogP contribution < -0.4 is 9.47 Å². The average Bonchev–Trinajstić information content (AvgIpc) is 2.96. The Morgan fingerprint density at radius 1 is 1.28 bits per heavy atom. The number of aliphatic hydroxyl groups is 2. The van der Waals surface area contributed by atoms with Crippen molar-refractivity contribution in [3.05, 3.63) is 27.8 Å². The van der Waals surface area contributed by atoms with Gasteiger partial charge in [-0.1, -0.05) is 20.8 Å². The molecule has 1 aliphatic heterocycles. The summed E-state index contributed by atoms with van der Waals surface area (Å²) in [6.07, 6.45) is -2.77. The van der Waals surface area contributed by atoms with E-state index in [1.807, 2.05) is 13.1 Å². The van der Waals surface area contributed by atoms with Crippen LogP contribution in [0.2, 0.25) is 18.1 Å². The summed E-state index contributed by atoms with van der Waals surface area (Å²) < 4.78 is 16.2. The third-order valence-corrected chi connectivity index (χ3v) is 9.32. The molecule has 2 rings (SSSR count). The van der Waals surface area contributed by atoms with Gasteiger partial charge in [-0.15, -0.1) is 0 Å². The first-order chi connectivity index (χ1) is 11.4. The zero-order chi connectivity index (χ0) is 19.0. The maximum absolute atomic E-state index is 11.3. The number of hydrogen-bond donors (Lipinski definition) is 2. The van der Waals surface area contributed by atoms with Crippen LogP contribution in [0.15, 0.2) is 12.1 Å². The van der Waals surface area contributed by atoms with Crippen molar-refractivity contribution in [3.63, 3.8) is 0 Å². The van der Waals surface area contributed by atoms with E-state index < -0.39 is 25.4 Å². The average molecular weight is 371 g/mol. The Morgan fingerprint density at radius 3 is 2.36 bits per heavy atom. The molecule has 1 aliphatic rings. The number of rotatable bonds is 6. The molecule has 2 atom stereocenters. The van der Waals surface area contributed by atoms with Gasteiger partial charge in [0.15, 0.2) is 19.8 Å². The lowest BCUT2D eigenvalue weighted by Crippen LogP contribution is -2.43. The molecule has 0 saturated carbocycles. The molecule has 0 radical (unpaired) electrons. The molecule has 0 fully saturated rings. The van der Waals surface area contributed by atoms with Crippen LogP contribution in [0.5, 0.6) is 11.5 Å². The topological polar surface area (TPSA) is 111 Å². The molecule has 1 aromatic carbocycles. The Morgan fingerprint density at radius 2 is 1.84 bits per heavy atom. The summed E-state index contributed by atoms with van der Waals surface area (Å²) in [5.41, 5.74) is -0.358. The highest BCUT2D eigenvalue weighted by Crippen LogP contribution is 2.41. The summed E-state index contributed by atoms with van der Waals surface area (Å²) in [5, 5.41) is 32.0. The van der Waals surface area contributed by atoms with E-state index in [0.29, 0.717) is 5.75 Å². The summed E-state index contributed by atoms with van der Waals surface area (Å²) in [4.78, 5) is 10.7. The number of nitro benzene ring substituents is 1. The van der Waals surface area contributed by atoms with E-state index in [1.165, 1.54) is 12.1 Å². The van der Waals surface area contributed by atoms with Crippen LogP contribution in [0.4, 0.5) is 5.69 Å². The number of benzene rings is 1. The molecule has 0 aromatic heterocycles. The Labute approximate surface area is 147 Å². The summed E-state index contributed by atoms with van der Waals surface area (Å²) in [5.74, 6) is 0.548. The fraction of sp³-hybridized carbons (Fsp3) is 0.625. The molecule has 2 N–H and O–H groups in total. The minimum Gasteiger partial charge on any atom is -0.454 e. The zero-order valence-corrected chi connectivity index (χ0v) is 16.1. The van der Waals surface area contributed by atoms with Crippen molar-refractivity contribution >= 4 is 14.0 Å². The molecule has 1 heterocycles. The second-order valence-corrected chi connectivity index (χ2v) is 12.4. The minimum atomic E-state index is -2.12. The van der Waals surface area contributed by atoms with Gasteiger partial charge < -0.3 is 24.1 Å². The molecule has 0 spiro atoms. The lowest BCUT2D eigenvalue weighted by Gasteiger charge is -2.37. The molecule has 0 bridgehead atoms. The number of aliphatic hydroxyl groups excluding tert-OH is 2. The van der Waals surface area contributed by atoms with Crippen molar-refractivity contribution in [3.8, 4) is 11.5 Å². The van der Waals surface area contributed by atoms with Crippen LogP contribution in [-0.2, 0) is 4.43 Å². The van der Waals surface area contributed by atoms with Crippen molar-refractivity contribution in [2.24, 2.45) is 0 Å². The highest BCUT2D eigenvalue weighted by molar-refractivity contribution is 6.74. The summed E-state index contributed by atoms with van der Waals surface area (Å²) in [6.45, 7) is 10.1. The quantitative estimate of drug-likeness (QED) is 0.449. The number of hydrogen-bond acceptors (Lipinski definition) is 7. The molecule has 0 amide bonds. The predicted octanol–water partition coefficient (Wildman–Crippen LogP) is 2.74. The second-order valence-electron chi connectivity index (χ2n) is 7.60. The maximum atomic E-state index is 11.3. The molecule has 9 heteroatoms. The van der Waals surface area contributed by atoms with Gasteiger partial charge in [-0.3, -0.25) is 10.1 Å². The van der Waals surface area contributed by atoms with Gasteiger partial charge in [-0.05, 0) is 24.2 Å². The summed E-state index contributed by atoms with van der Waals surface area (Å²) in [6, 6.07) is 2.53. The zero-order valence-electron chi connectivity index (χ0n) is 15.1. The SMILES string of the molecule is CC(C)(C)[Si](C)(C)OC[C@H](O)[C@@H](O)c1cc2c(cc1[N+](=O)[O-])OCO2. The van der Waals surface area contributed by atoms with Crippen molar-refractivity contribution in [2.45, 2.75) is 51.1 Å². The van der Waals surface area contributed by atoms with Crippen molar-refractivity contribution in [1.29, 1.82) is 0 Å². The van der Waals surface area contributed by atoms with Crippen LogP contribution >= 0.6 is 0 Å². The van der Waals surface area contributed by atoms with E-state index in [4.69, 9.17) is 13.9 Å². The molecule has 1 aromatic rings. The number of ether oxygens (including phenoxy) is 2. The van der Waals surface area contributed by atoms with Crippen LogP contribution in [0.25, 0.3) is 0 Å². The number of nitro groups is 1. The lowest BCUT2D eigenvalue weighted by atomic mass is 10.0. The molecule has 0 unspecified atom stereocenters. The second kappa shape index (κ2) is 6.91. The maximum Gasteiger partial charge on any atom is 0.279 e. The van der Waals surface area contributed by atoms with Crippen LogP contribution in [0.3, 0.4) is 0 Å².